The average molecular weight is 290 g/mol. The molecule has 1 aliphatic rings. The number of hydrogen-bond acceptors (Lipinski definition) is 5. The lowest BCUT2D eigenvalue weighted by atomic mass is 9.94. The molecule has 0 fully saturated rings. The van der Waals surface area contributed by atoms with E-state index in [0.717, 1.165) is 0 Å². The Kier molecular flexibility index (Phi) is 4.75. The lowest BCUT2D eigenvalue weighted by Crippen LogP contribution is -2.10. The molecule has 1 aromatic carbocycles. The second kappa shape index (κ2) is 6.54. The molecule has 0 saturated heterocycles. The van der Waals surface area contributed by atoms with E-state index in [9.17, 15) is 9.59 Å². The normalized spacial score (nSPS) is 12.8. The van der Waals surface area contributed by atoms with Crippen molar-refractivity contribution in [3.8, 4) is 11.5 Å². The van der Waals surface area contributed by atoms with E-state index >= 15 is 0 Å². The van der Waals surface area contributed by atoms with Gasteiger partial charge in [0.1, 0.15) is 17.1 Å². The molecule has 5 heteroatoms. The summed E-state index contributed by atoms with van der Waals surface area (Å²) in [6.45, 7) is 5.14. The molecule has 1 aliphatic heterocycles. The maximum absolute atomic E-state index is 12.0. The lowest BCUT2D eigenvalue weighted by molar-refractivity contribution is 0.0495. The fraction of sp³-hybridized carbons (Fsp3) is 0.375. The average Bonchev–Trinajstić information content (AvgIpc) is 2.83. The third-order valence-electron chi connectivity index (χ3n) is 3.28. The van der Waals surface area contributed by atoms with Gasteiger partial charge in [0.2, 0.25) is 5.78 Å². The SMILES string of the molecule is C=CCCc1c(C(C)=O)cc2c(c1OCOC)C(=O)CO2. The van der Waals surface area contributed by atoms with Crippen LogP contribution in [-0.2, 0) is 11.2 Å². The van der Waals surface area contributed by atoms with Crippen molar-refractivity contribution >= 4 is 11.6 Å². The Bertz CT molecular complexity index is 589. The smallest absolute Gasteiger partial charge is 0.207 e. The van der Waals surface area contributed by atoms with Gasteiger partial charge >= 0.3 is 0 Å². The molecule has 0 saturated carbocycles. The van der Waals surface area contributed by atoms with Gasteiger partial charge in [0.15, 0.2) is 19.2 Å². The van der Waals surface area contributed by atoms with Gasteiger partial charge in [-0.2, -0.15) is 0 Å². The summed E-state index contributed by atoms with van der Waals surface area (Å²) in [7, 11) is 1.50. The van der Waals surface area contributed by atoms with Crippen LogP contribution in [0.15, 0.2) is 18.7 Å². The Morgan fingerprint density at radius 2 is 2.29 bits per heavy atom. The maximum atomic E-state index is 12.0. The van der Waals surface area contributed by atoms with Gasteiger partial charge in [-0.1, -0.05) is 6.08 Å². The van der Waals surface area contributed by atoms with Crippen LogP contribution in [0.25, 0.3) is 0 Å². The van der Waals surface area contributed by atoms with E-state index in [-0.39, 0.29) is 25.0 Å². The highest BCUT2D eigenvalue weighted by molar-refractivity contribution is 6.07. The largest absolute Gasteiger partial charge is 0.485 e. The number of carbonyl (C=O) groups excluding carboxylic acids is 2. The number of rotatable bonds is 7. The Morgan fingerprint density at radius 1 is 1.52 bits per heavy atom. The number of allylic oxidation sites excluding steroid dienone is 1. The highest BCUT2D eigenvalue weighted by atomic mass is 16.7. The van der Waals surface area contributed by atoms with Crippen LogP contribution < -0.4 is 9.47 Å². The Labute approximate surface area is 123 Å². The fourth-order valence-corrected chi connectivity index (χ4v) is 2.35. The van der Waals surface area contributed by atoms with Crippen molar-refractivity contribution in [2.45, 2.75) is 19.8 Å². The van der Waals surface area contributed by atoms with E-state index in [1.54, 1.807) is 12.1 Å². The Hall–Kier alpha value is -2.14. The Balaban J connectivity index is 2.61. The van der Waals surface area contributed by atoms with Gasteiger partial charge in [0, 0.05) is 18.2 Å². The van der Waals surface area contributed by atoms with E-state index in [1.165, 1.54) is 14.0 Å². The molecule has 0 bridgehead atoms. The van der Waals surface area contributed by atoms with Crippen molar-refractivity contribution in [2.24, 2.45) is 0 Å². The summed E-state index contributed by atoms with van der Waals surface area (Å²) in [4.78, 5) is 23.9. The number of methoxy groups -OCH3 is 1. The van der Waals surface area contributed by atoms with Crippen molar-refractivity contribution in [1.29, 1.82) is 0 Å². The van der Waals surface area contributed by atoms with E-state index < -0.39 is 0 Å². The predicted octanol–water partition coefficient (Wildman–Crippen LogP) is 2.57. The molecular formula is C16H18O5. The number of ether oxygens (including phenoxy) is 3. The van der Waals surface area contributed by atoms with Gasteiger partial charge in [0.05, 0.1) is 0 Å². The zero-order valence-electron chi connectivity index (χ0n) is 12.2. The minimum absolute atomic E-state index is 0.00215. The molecular weight excluding hydrogens is 272 g/mol. The second-order valence-electron chi connectivity index (χ2n) is 4.75. The summed E-state index contributed by atoms with van der Waals surface area (Å²) in [5.74, 6) is 0.552. The highest BCUT2D eigenvalue weighted by Gasteiger charge is 2.30. The topological polar surface area (TPSA) is 61.8 Å². The number of hydrogen-bond donors (Lipinski definition) is 0. The summed E-state index contributed by atoms with van der Waals surface area (Å²) in [6, 6.07) is 1.63. The van der Waals surface area contributed by atoms with Crippen LogP contribution in [0, 0.1) is 0 Å². The summed E-state index contributed by atoms with van der Waals surface area (Å²) in [5.41, 5.74) is 1.62. The number of benzene rings is 1. The third kappa shape index (κ3) is 2.97. The molecule has 21 heavy (non-hydrogen) atoms. The van der Waals surface area contributed by atoms with E-state index in [1.807, 2.05) is 0 Å². The summed E-state index contributed by atoms with van der Waals surface area (Å²) in [5, 5.41) is 0. The van der Waals surface area contributed by atoms with E-state index in [2.05, 4.69) is 6.58 Å². The van der Waals surface area contributed by atoms with Gasteiger partial charge in [-0.15, -0.1) is 6.58 Å². The number of Topliss-reactive ketones (excluding diaryl/α,β-unsaturated/α-hetero) is 2. The number of ketones is 2. The summed E-state index contributed by atoms with van der Waals surface area (Å²) >= 11 is 0. The molecule has 0 amide bonds. The van der Waals surface area contributed by atoms with Crippen LogP contribution in [-0.4, -0.2) is 32.1 Å². The summed E-state index contributed by atoms with van der Waals surface area (Å²) < 4.78 is 15.8. The molecule has 1 heterocycles. The maximum Gasteiger partial charge on any atom is 0.207 e. The molecule has 5 nitrogen and oxygen atoms in total. The first-order valence-electron chi connectivity index (χ1n) is 6.69. The molecule has 1 aromatic rings. The lowest BCUT2D eigenvalue weighted by Gasteiger charge is -2.16. The molecule has 0 radical (unpaired) electrons. The van der Waals surface area contributed by atoms with Crippen LogP contribution in [0.4, 0.5) is 0 Å². The van der Waals surface area contributed by atoms with Crippen molar-refractivity contribution in [3.63, 3.8) is 0 Å². The quantitative estimate of drug-likeness (QED) is 0.439. The minimum Gasteiger partial charge on any atom is -0.485 e. The van der Waals surface area contributed by atoms with Gasteiger partial charge in [0.25, 0.3) is 0 Å². The molecule has 0 atom stereocenters. The van der Waals surface area contributed by atoms with Crippen molar-refractivity contribution < 1.29 is 23.8 Å². The first-order chi connectivity index (χ1) is 10.1. The molecule has 0 aromatic heterocycles. The van der Waals surface area contributed by atoms with Gasteiger partial charge in [-0.25, -0.2) is 0 Å². The third-order valence-corrected chi connectivity index (χ3v) is 3.28. The molecule has 0 spiro atoms. The van der Waals surface area contributed by atoms with Crippen LogP contribution in [0.5, 0.6) is 11.5 Å². The van der Waals surface area contributed by atoms with Gasteiger partial charge in [-0.05, 0) is 25.8 Å². The molecule has 2 rings (SSSR count). The molecule has 0 N–H and O–H groups in total. The molecule has 0 unspecified atom stereocenters. The van der Waals surface area contributed by atoms with E-state index in [0.29, 0.717) is 41.0 Å². The van der Waals surface area contributed by atoms with Crippen molar-refractivity contribution in [3.05, 3.63) is 35.4 Å². The standard InChI is InChI=1S/C16H18O5/c1-4-5-6-11-12(10(2)17)7-14-15(13(18)8-20-14)16(11)21-9-19-3/h4,7H,1,5-6,8-9H2,2-3H3. The van der Waals surface area contributed by atoms with Crippen molar-refractivity contribution in [1.82, 2.24) is 0 Å². The van der Waals surface area contributed by atoms with Crippen LogP contribution in [0.3, 0.4) is 0 Å². The van der Waals surface area contributed by atoms with Gasteiger partial charge in [-0.3, -0.25) is 9.59 Å². The summed E-state index contributed by atoms with van der Waals surface area (Å²) in [6.07, 6.45) is 3.01. The van der Waals surface area contributed by atoms with Crippen molar-refractivity contribution in [2.75, 3.05) is 20.5 Å². The Morgan fingerprint density at radius 3 is 2.90 bits per heavy atom. The zero-order valence-corrected chi connectivity index (χ0v) is 12.2. The zero-order chi connectivity index (χ0) is 15.4. The monoisotopic (exact) mass is 290 g/mol. The van der Waals surface area contributed by atoms with Crippen LogP contribution in [0.1, 0.15) is 39.6 Å². The number of carbonyl (C=O) groups is 2. The van der Waals surface area contributed by atoms with E-state index in [4.69, 9.17) is 14.2 Å². The molecule has 112 valence electrons. The fourth-order valence-electron chi connectivity index (χ4n) is 2.35. The number of fused-ring (bicyclic) bond motifs is 1. The second-order valence-corrected chi connectivity index (χ2v) is 4.75. The minimum atomic E-state index is -0.147. The first kappa shape index (κ1) is 15.3. The van der Waals surface area contributed by atoms with Crippen LogP contribution in [0.2, 0.25) is 0 Å². The first-order valence-corrected chi connectivity index (χ1v) is 6.69. The van der Waals surface area contributed by atoms with Gasteiger partial charge < -0.3 is 14.2 Å². The molecule has 0 aliphatic carbocycles. The predicted molar refractivity (Wildman–Crippen MR) is 77.3 cm³/mol. The highest BCUT2D eigenvalue weighted by Crippen LogP contribution is 2.39. The van der Waals surface area contributed by atoms with Crippen LogP contribution >= 0.6 is 0 Å².